The maximum atomic E-state index is 9.73. The van der Waals surface area contributed by atoms with Crippen LogP contribution in [0.3, 0.4) is 0 Å². The van der Waals surface area contributed by atoms with Crippen molar-refractivity contribution < 1.29 is 8.83 Å². The minimum absolute atomic E-state index is 0.118. The zero-order valence-electron chi connectivity index (χ0n) is 41.4. The normalized spacial score (nSPS) is 13.7. The minimum atomic E-state index is 0.118. The Labute approximate surface area is 434 Å². The lowest BCUT2D eigenvalue weighted by atomic mass is 9.94. The molecule has 0 radical (unpaired) electrons. The Morgan fingerprint density at radius 3 is 1.83 bits per heavy atom. The molecule has 0 saturated heterocycles. The summed E-state index contributed by atoms with van der Waals surface area (Å²) in [5.41, 5.74) is 16.4. The molecule has 1 aliphatic carbocycles. The van der Waals surface area contributed by atoms with Crippen LogP contribution in [0, 0.1) is 5.41 Å². The number of amidine groups is 2. The second-order valence-electron chi connectivity index (χ2n) is 19.2. The maximum Gasteiger partial charge on any atom is 0.178 e. The molecule has 9 aromatic carbocycles. The van der Waals surface area contributed by atoms with Gasteiger partial charge in [-0.25, -0.2) is 9.98 Å². The van der Waals surface area contributed by atoms with Crippen LogP contribution in [0.4, 0.5) is 0 Å². The molecule has 6 nitrogen and oxygen atoms in total. The van der Waals surface area contributed by atoms with Crippen molar-refractivity contribution in [3.05, 3.63) is 264 Å². The summed E-state index contributed by atoms with van der Waals surface area (Å²) in [5.74, 6) is 0.592. The number of benzene rings is 9. The Morgan fingerprint density at radius 2 is 1.12 bits per heavy atom. The maximum absolute atomic E-state index is 9.73. The molecule has 75 heavy (non-hydrogen) atoms. The molecule has 0 bridgehead atoms. The van der Waals surface area contributed by atoms with Crippen LogP contribution in [-0.2, 0) is 6.42 Å². The van der Waals surface area contributed by atoms with Crippen LogP contribution in [0.15, 0.2) is 267 Å². The van der Waals surface area contributed by atoms with E-state index in [9.17, 15) is 5.41 Å². The Hall–Kier alpha value is -9.65. The van der Waals surface area contributed by atoms with Gasteiger partial charge in [0.05, 0.1) is 16.4 Å². The number of hydrogen-bond acceptors (Lipinski definition) is 3. The van der Waals surface area contributed by atoms with Crippen molar-refractivity contribution in [3.8, 4) is 22.3 Å². The Morgan fingerprint density at radius 1 is 0.533 bits per heavy atom. The van der Waals surface area contributed by atoms with E-state index < -0.39 is 0 Å². The quantitative estimate of drug-likeness (QED) is 0.0842. The van der Waals surface area contributed by atoms with Gasteiger partial charge in [-0.2, -0.15) is 0 Å². The number of aromatic nitrogens is 1. The zero-order valence-corrected chi connectivity index (χ0v) is 41.4. The second kappa shape index (κ2) is 19.4. The molecule has 13 rings (SSSR count). The highest BCUT2D eigenvalue weighted by Gasteiger charge is 2.24. The standard InChI is InChI=1S/C69H50N4O2/c1-45(68(70)72-69(53-24-12-5-13-25-53)71-44-47-18-6-2-7-19-47)42-59(52-36-34-51(35-37-52)49-22-10-4-11-23-49)62(43-46-30-32-50(33-31-46)48-20-8-3-9-21-48)73-60-28-16-14-27-58(60)64-61(73)41-40-56-57-39-38-55-54-26-15-17-29-63(54)74-66(55)67(57)75-65(56)64/h3-6,8-42,44,70H,2,7,43H2,1H3/b45-42+,62-59-,70-68?,71-44?,72-69?. The van der Waals surface area contributed by atoms with E-state index in [1.807, 2.05) is 67.7 Å². The van der Waals surface area contributed by atoms with E-state index in [4.69, 9.17) is 18.8 Å². The highest BCUT2D eigenvalue weighted by Crippen LogP contribution is 2.45. The first-order valence-corrected chi connectivity index (χ1v) is 25.6. The first-order chi connectivity index (χ1) is 37.0. The monoisotopic (exact) mass is 966 g/mol. The minimum Gasteiger partial charge on any atom is -0.452 e. The summed E-state index contributed by atoms with van der Waals surface area (Å²) in [4.78, 5) is 9.92. The van der Waals surface area contributed by atoms with Gasteiger partial charge >= 0.3 is 0 Å². The summed E-state index contributed by atoms with van der Waals surface area (Å²) < 4.78 is 16.1. The summed E-state index contributed by atoms with van der Waals surface area (Å²) in [5, 5.41) is 15.9. The molecule has 0 amide bonds. The number of rotatable bonds is 10. The molecule has 0 aliphatic heterocycles. The molecule has 1 N–H and O–H groups in total. The van der Waals surface area contributed by atoms with Gasteiger partial charge in [-0.05, 0) is 107 Å². The van der Waals surface area contributed by atoms with Crippen LogP contribution in [0.2, 0.25) is 0 Å². The van der Waals surface area contributed by atoms with Crippen molar-refractivity contribution in [1.82, 2.24) is 4.57 Å². The van der Waals surface area contributed by atoms with E-state index in [-0.39, 0.29) is 5.84 Å². The van der Waals surface area contributed by atoms with Crippen LogP contribution >= 0.6 is 0 Å². The van der Waals surface area contributed by atoms with Crippen molar-refractivity contribution in [1.29, 1.82) is 5.41 Å². The number of aliphatic imine (C=N–C) groups is 2. The van der Waals surface area contributed by atoms with Gasteiger partial charge in [0.1, 0.15) is 17.0 Å². The number of fused-ring (bicyclic) bond motifs is 11. The number of allylic oxidation sites excluding steroid dienone is 7. The molecule has 1 aliphatic rings. The lowest BCUT2D eigenvalue weighted by Gasteiger charge is -2.19. The van der Waals surface area contributed by atoms with Gasteiger partial charge < -0.3 is 13.4 Å². The van der Waals surface area contributed by atoms with E-state index >= 15 is 0 Å². The van der Waals surface area contributed by atoms with E-state index in [0.717, 1.165) is 129 Å². The number of nitrogens with one attached hydrogen (secondary N) is 1. The lowest BCUT2D eigenvalue weighted by molar-refractivity contribution is 0.635. The Kier molecular flexibility index (Phi) is 11.7. The molecule has 12 aromatic rings. The highest BCUT2D eigenvalue weighted by molar-refractivity contribution is 6.27. The van der Waals surface area contributed by atoms with Gasteiger partial charge in [0.25, 0.3) is 0 Å². The summed E-state index contributed by atoms with van der Waals surface area (Å²) in [6, 6.07) is 74.2. The van der Waals surface area contributed by atoms with Crippen LogP contribution in [0.25, 0.3) is 99.2 Å². The van der Waals surface area contributed by atoms with Gasteiger partial charge in [0, 0.05) is 56.4 Å². The van der Waals surface area contributed by atoms with E-state index in [2.05, 4.69) is 187 Å². The summed E-state index contributed by atoms with van der Waals surface area (Å²) in [7, 11) is 0. The molecule has 0 atom stereocenters. The molecule has 0 spiro atoms. The fraction of sp³-hybridized carbons (Fsp3) is 0.0580. The molecule has 6 heteroatoms. The molecule has 0 fully saturated rings. The Balaban J connectivity index is 1.06. The Bertz CT molecular complexity index is 4350. The van der Waals surface area contributed by atoms with Crippen molar-refractivity contribution >= 4 is 94.8 Å². The van der Waals surface area contributed by atoms with Gasteiger partial charge in [-0.3, -0.25) is 5.41 Å². The van der Waals surface area contributed by atoms with Crippen molar-refractivity contribution in [2.24, 2.45) is 9.98 Å². The fourth-order valence-electron chi connectivity index (χ4n) is 10.7. The van der Waals surface area contributed by atoms with Crippen molar-refractivity contribution in [2.75, 3.05) is 0 Å². The topological polar surface area (TPSA) is 79.8 Å². The van der Waals surface area contributed by atoms with Gasteiger partial charge in [-0.15, -0.1) is 0 Å². The number of furan rings is 2. The number of nitrogens with zero attached hydrogens (tertiary/aromatic N) is 3. The zero-order chi connectivity index (χ0) is 50.2. The molecular weight excluding hydrogens is 917 g/mol. The highest BCUT2D eigenvalue weighted by atomic mass is 16.4. The molecular formula is C69H50N4O2. The fourth-order valence-corrected chi connectivity index (χ4v) is 10.7. The first-order valence-electron chi connectivity index (χ1n) is 25.6. The first kappa shape index (κ1) is 45.2. The van der Waals surface area contributed by atoms with Crippen LogP contribution in [-0.4, -0.2) is 22.5 Å². The van der Waals surface area contributed by atoms with Gasteiger partial charge in [0.2, 0.25) is 0 Å². The molecule has 3 heterocycles. The van der Waals surface area contributed by atoms with Crippen molar-refractivity contribution in [2.45, 2.75) is 26.2 Å². The predicted octanol–water partition coefficient (Wildman–Crippen LogP) is 18.3. The van der Waals surface area contributed by atoms with Crippen LogP contribution in [0.5, 0.6) is 0 Å². The number of para-hydroxylation sites is 2. The van der Waals surface area contributed by atoms with E-state index in [0.29, 0.717) is 17.8 Å². The summed E-state index contributed by atoms with van der Waals surface area (Å²) in [6.45, 7) is 1.98. The smallest absolute Gasteiger partial charge is 0.178 e. The molecule has 0 saturated carbocycles. The average Bonchev–Trinajstić information content (AvgIpc) is 4.16. The number of hydrogen-bond donors (Lipinski definition) is 1. The largest absolute Gasteiger partial charge is 0.452 e. The third-order valence-corrected chi connectivity index (χ3v) is 14.4. The second-order valence-corrected chi connectivity index (χ2v) is 19.2. The van der Waals surface area contributed by atoms with E-state index in [1.165, 1.54) is 5.56 Å². The van der Waals surface area contributed by atoms with Gasteiger partial charge in [-0.1, -0.05) is 194 Å². The third kappa shape index (κ3) is 8.52. The summed E-state index contributed by atoms with van der Waals surface area (Å²) in [6.07, 6.45) is 13.0. The van der Waals surface area contributed by atoms with Crippen LogP contribution < -0.4 is 0 Å². The van der Waals surface area contributed by atoms with Crippen LogP contribution in [0.1, 0.15) is 36.5 Å². The summed E-state index contributed by atoms with van der Waals surface area (Å²) >= 11 is 0. The SMILES string of the molecule is C/C(=C\C(=C(/Cc1ccc(-c2ccccc2)cc1)n1c2ccccc2c2c3oc4c(ccc5c6ccccc6oc54)c3ccc21)c1ccc(-c2ccccc2)cc1)C(=N)N=C(N=CC1=CCCC=C1)c1ccccc1. The van der Waals surface area contributed by atoms with Crippen molar-refractivity contribution in [3.63, 3.8) is 0 Å². The molecule has 3 aromatic heterocycles. The predicted molar refractivity (Wildman–Crippen MR) is 314 cm³/mol. The molecule has 358 valence electrons. The third-order valence-electron chi connectivity index (χ3n) is 14.4. The van der Waals surface area contributed by atoms with Gasteiger partial charge in [0.15, 0.2) is 17.0 Å². The molecule has 0 unspecified atom stereocenters. The van der Waals surface area contributed by atoms with E-state index in [1.54, 1.807) is 0 Å². The lowest BCUT2D eigenvalue weighted by Crippen LogP contribution is -2.07. The average molecular weight is 967 g/mol.